The molecular formula is C19H15F4N3O2. The van der Waals surface area contributed by atoms with E-state index in [2.05, 4.69) is 15.2 Å². The summed E-state index contributed by atoms with van der Waals surface area (Å²) in [5, 5.41) is 6.69. The van der Waals surface area contributed by atoms with E-state index in [0.717, 1.165) is 0 Å². The standard InChI is InChI=1S/C19H15F4N3O2/c20-15-5-1-3-13(7-15)10-26-11-16(9-24-26)25-18(27)14-4-2-6-17(8-14)28-12-19(21,22)23/h1-9,11H,10,12H2,(H,25,27). The first-order chi connectivity index (χ1) is 13.3. The number of halogens is 4. The summed E-state index contributed by atoms with van der Waals surface area (Å²) in [5.41, 5.74) is 1.23. The summed E-state index contributed by atoms with van der Waals surface area (Å²) in [4.78, 5) is 12.3. The number of hydrogen-bond acceptors (Lipinski definition) is 3. The molecule has 0 aliphatic carbocycles. The monoisotopic (exact) mass is 393 g/mol. The van der Waals surface area contributed by atoms with Crippen LogP contribution in [-0.4, -0.2) is 28.5 Å². The molecular weight excluding hydrogens is 378 g/mol. The first-order valence-corrected chi connectivity index (χ1v) is 8.16. The summed E-state index contributed by atoms with van der Waals surface area (Å²) in [6.07, 6.45) is -1.48. The Balaban J connectivity index is 1.63. The van der Waals surface area contributed by atoms with Crippen molar-refractivity contribution in [1.29, 1.82) is 0 Å². The van der Waals surface area contributed by atoms with Crippen LogP contribution in [0.3, 0.4) is 0 Å². The van der Waals surface area contributed by atoms with E-state index in [-0.39, 0.29) is 17.1 Å². The van der Waals surface area contributed by atoms with Gasteiger partial charge in [0.2, 0.25) is 0 Å². The first kappa shape index (κ1) is 19.4. The predicted molar refractivity (Wildman–Crippen MR) is 93.7 cm³/mol. The first-order valence-electron chi connectivity index (χ1n) is 8.16. The van der Waals surface area contributed by atoms with Crippen LogP contribution in [-0.2, 0) is 6.54 Å². The van der Waals surface area contributed by atoms with Gasteiger partial charge < -0.3 is 10.1 Å². The van der Waals surface area contributed by atoms with Crippen LogP contribution in [0.25, 0.3) is 0 Å². The number of alkyl halides is 3. The zero-order valence-electron chi connectivity index (χ0n) is 14.4. The smallest absolute Gasteiger partial charge is 0.422 e. The summed E-state index contributed by atoms with van der Waals surface area (Å²) in [6, 6.07) is 11.5. The number of carbonyl (C=O) groups is 1. The number of aromatic nitrogens is 2. The van der Waals surface area contributed by atoms with Crippen LogP contribution in [0.15, 0.2) is 60.9 Å². The maximum Gasteiger partial charge on any atom is 0.422 e. The number of carbonyl (C=O) groups excluding carboxylic acids is 1. The molecule has 146 valence electrons. The van der Waals surface area contributed by atoms with Gasteiger partial charge in [-0.25, -0.2) is 4.39 Å². The average Bonchev–Trinajstić information content (AvgIpc) is 3.06. The van der Waals surface area contributed by atoms with Gasteiger partial charge in [0.25, 0.3) is 5.91 Å². The molecule has 5 nitrogen and oxygen atoms in total. The number of anilines is 1. The SMILES string of the molecule is O=C(Nc1cnn(Cc2cccc(F)c2)c1)c1cccc(OCC(F)(F)F)c1. The molecule has 0 unspecified atom stereocenters. The molecule has 3 aromatic rings. The van der Waals surface area contributed by atoms with E-state index < -0.39 is 18.7 Å². The van der Waals surface area contributed by atoms with Crippen molar-refractivity contribution in [3.05, 3.63) is 77.9 Å². The molecule has 0 atom stereocenters. The third-order valence-corrected chi connectivity index (χ3v) is 3.62. The lowest BCUT2D eigenvalue weighted by atomic mass is 10.2. The Bertz CT molecular complexity index is 970. The van der Waals surface area contributed by atoms with E-state index in [1.54, 1.807) is 18.3 Å². The van der Waals surface area contributed by atoms with Crippen LogP contribution >= 0.6 is 0 Å². The molecule has 0 saturated carbocycles. The maximum absolute atomic E-state index is 13.2. The molecule has 0 fully saturated rings. The third kappa shape index (κ3) is 5.57. The van der Waals surface area contributed by atoms with Crippen molar-refractivity contribution in [1.82, 2.24) is 9.78 Å². The highest BCUT2D eigenvalue weighted by Crippen LogP contribution is 2.20. The Morgan fingerprint density at radius 3 is 2.68 bits per heavy atom. The molecule has 3 rings (SSSR count). The Kier molecular flexibility index (Phi) is 5.62. The Morgan fingerprint density at radius 2 is 1.93 bits per heavy atom. The summed E-state index contributed by atoms with van der Waals surface area (Å²) >= 11 is 0. The minimum Gasteiger partial charge on any atom is -0.484 e. The van der Waals surface area contributed by atoms with Gasteiger partial charge in [-0.15, -0.1) is 0 Å². The van der Waals surface area contributed by atoms with Gasteiger partial charge in [-0.05, 0) is 35.9 Å². The lowest BCUT2D eigenvalue weighted by Gasteiger charge is -2.10. The van der Waals surface area contributed by atoms with E-state index in [1.807, 2.05) is 0 Å². The van der Waals surface area contributed by atoms with E-state index in [1.165, 1.54) is 47.3 Å². The number of nitrogens with zero attached hydrogens (tertiary/aromatic N) is 2. The maximum atomic E-state index is 13.2. The van der Waals surface area contributed by atoms with Gasteiger partial charge in [0.1, 0.15) is 11.6 Å². The Morgan fingerprint density at radius 1 is 1.14 bits per heavy atom. The molecule has 1 aromatic heterocycles. The zero-order valence-corrected chi connectivity index (χ0v) is 14.4. The van der Waals surface area contributed by atoms with Crippen LogP contribution in [0, 0.1) is 5.82 Å². The molecule has 1 N–H and O–H groups in total. The molecule has 0 bridgehead atoms. The van der Waals surface area contributed by atoms with Crippen molar-refractivity contribution in [2.24, 2.45) is 0 Å². The molecule has 1 heterocycles. The average molecular weight is 393 g/mol. The van der Waals surface area contributed by atoms with Crippen molar-refractivity contribution in [2.75, 3.05) is 11.9 Å². The molecule has 0 radical (unpaired) electrons. The number of amides is 1. The molecule has 0 spiro atoms. The van der Waals surface area contributed by atoms with E-state index >= 15 is 0 Å². The fourth-order valence-corrected chi connectivity index (χ4v) is 2.43. The predicted octanol–water partition coefficient (Wildman–Crippen LogP) is 4.26. The fraction of sp³-hybridized carbons (Fsp3) is 0.158. The second-order valence-corrected chi connectivity index (χ2v) is 5.94. The normalized spacial score (nSPS) is 11.3. The molecule has 28 heavy (non-hydrogen) atoms. The highest BCUT2D eigenvalue weighted by Gasteiger charge is 2.28. The van der Waals surface area contributed by atoms with Crippen LogP contribution in [0.4, 0.5) is 23.2 Å². The summed E-state index contributed by atoms with van der Waals surface area (Å²) in [5.74, 6) is -0.944. The van der Waals surface area contributed by atoms with Gasteiger partial charge in [-0.2, -0.15) is 18.3 Å². The third-order valence-electron chi connectivity index (χ3n) is 3.62. The quantitative estimate of drug-likeness (QED) is 0.637. The Hall–Kier alpha value is -3.36. The fourth-order valence-electron chi connectivity index (χ4n) is 2.43. The van der Waals surface area contributed by atoms with Gasteiger partial charge in [0, 0.05) is 11.8 Å². The van der Waals surface area contributed by atoms with Gasteiger partial charge in [0.15, 0.2) is 6.61 Å². The van der Waals surface area contributed by atoms with E-state index in [4.69, 9.17) is 0 Å². The van der Waals surface area contributed by atoms with E-state index in [0.29, 0.717) is 17.8 Å². The highest BCUT2D eigenvalue weighted by atomic mass is 19.4. The zero-order chi connectivity index (χ0) is 20.1. The minimum absolute atomic E-state index is 0.0632. The second-order valence-electron chi connectivity index (χ2n) is 5.94. The lowest BCUT2D eigenvalue weighted by Crippen LogP contribution is -2.19. The molecule has 0 saturated heterocycles. The van der Waals surface area contributed by atoms with Crippen molar-refractivity contribution in [3.63, 3.8) is 0 Å². The van der Waals surface area contributed by atoms with Crippen molar-refractivity contribution >= 4 is 11.6 Å². The van der Waals surface area contributed by atoms with Gasteiger partial charge in [-0.3, -0.25) is 9.48 Å². The van der Waals surface area contributed by atoms with E-state index in [9.17, 15) is 22.4 Å². The summed E-state index contributed by atoms with van der Waals surface area (Å²) in [7, 11) is 0. The largest absolute Gasteiger partial charge is 0.484 e. The van der Waals surface area contributed by atoms with Gasteiger partial charge in [0.05, 0.1) is 18.4 Å². The van der Waals surface area contributed by atoms with Crippen molar-refractivity contribution in [2.45, 2.75) is 12.7 Å². The molecule has 9 heteroatoms. The van der Waals surface area contributed by atoms with Crippen molar-refractivity contribution in [3.8, 4) is 5.75 Å². The van der Waals surface area contributed by atoms with Crippen molar-refractivity contribution < 1.29 is 27.1 Å². The highest BCUT2D eigenvalue weighted by molar-refractivity contribution is 6.04. The van der Waals surface area contributed by atoms with Gasteiger partial charge in [-0.1, -0.05) is 18.2 Å². The number of ether oxygens (including phenoxy) is 1. The summed E-state index contributed by atoms with van der Waals surface area (Å²) < 4.78 is 56.1. The molecule has 2 aromatic carbocycles. The second kappa shape index (κ2) is 8.12. The number of nitrogens with one attached hydrogen (secondary N) is 1. The van der Waals surface area contributed by atoms with Gasteiger partial charge >= 0.3 is 6.18 Å². The lowest BCUT2D eigenvalue weighted by molar-refractivity contribution is -0.153. The topological polar surface area (TPSA) is 56.2 Å². The minimum atomic E-state index is -4.46. The van der Waals surface area contributed by atoms with Crippen LogP contribution in [0.5, 0.6) is 5.75 Å². The number of benzene rings is 2. The summed E-state index contributed by atoms with van der Waals surface area (Å²) in [6.45, 7) is -1.13. The molecule has 0 aliphatic rings. The molecule has 1 amide bonds. The van der Waals surface area contributed by atoms with Crippen LogP contribution in [0.2, 0.25) is 0 Å². The number of hydrogen-bond donors (Lipinski definition) is 1. The van der Waals surface area contributed by atoms with Crippen LogP contribution in [0.1, 0.15) is 15.9 Å². The Labute approximate surface area is 157 Å². The number of rotatable bonds is 6. The molecule has 0 aliphatic heterocycles. The van der Waals surface area contributed by atoms with Crippen LogP contribution < -0.4 is 10.1 Å².